The van der Waals surface area contributed by atoms with E-state index in [-0.39, 0.29) is 10.7 Å². The maximum Gasteiger partial charge on any atom is 0.227 e. The van der Waals surface area contributed by atoms with Crippen molar-refractivity contribution in [2.75, 3.05) is 0 Å². The summed E-state index contributed by atoms with van der Waals surface area (Å²) in [6.45, 7) is 6.78. The van der Waals surface area contributed by atoms with Crippen LogP contribution < -0.4 is 0 Å². The van der Waals surface area contributed by atoms with Crippen LogP contribution in [0.2, 0.25) is 0 Å². The zero-order valence-corrected chi connectivity index (χ0v) is 8.66. The summed E-state index contributed by atoms with van der Waals surface area (Å²) in [5.41, 5.74) is 0.702. The zero-order chi connectivity index (χ0) is 9.20. The first-order chi connectivity index (χ1) is 5.31. The number of rotatable bonds is 1. The van der Waals surface area contributed by atoms with Crippen molar-refractivity contribution in [1.29, 1.82) is 0 Å². The summed E-state index contributed by atoms with van der Waals surface area (Å²) in [7, 11) is 0. The van der Waals surface area contributed by atoms with E-state index in [0.29, 0.717) is 10.8 Å². The molecule has 0 aliphatic heterocycles. The monoisotopic (exact) mass is 186 g/mol. The van der Waals surface area contributed by atoms with E-state index in [0.717, 1.165) is 19.3 Å². The smallest absolute Gasteiger partial charge is 0.227 e. The van der Waals surface area contributed by atoms with Crippen LogP contribution in [-0.2, 0) is 4.79 Å². The highest BCUT2D eigenvalue weighted by Crippen LogP contribution is 2.79. The van der Waals surface area contributed by atoms with Crippen molar-refractivity contribution < 1.29 is 4.79 Å². The van der Waals surface area contributed by atoms with Crippen LogP contribution >= 0.6 is 11.6 Å². The van der Waals surface area contributed by atoms with Gasteiger partial charge in [-0.2, -0.15) is 0 Å². The van der Waals surface area contributed by atoms with Gasteiger partial charge < -0.3 is 0 Å². The van der Waals surface area contributed by atoms with Crippen LogP contribution in [0.3, 0.4) is 0 Å². The molecule has 68 valence electrons. The van der Waals surface area contributed by atoms with E-state index in [2.05, 4.69) is 20.8 Å². The van der Waals surface area contributed by atoms with Crippen molar-refractivity contribution in [1.82, 2.24) is 0 Å². The first-order valence-electron chi connectivity index (χ1n) is 4.51. The standard InChI is InChI=1S/C10H15ClO/c1-8(2,3)10-4-9(5-10,6-10)7(11)12/h4-6H2,1-3H3. The third-order valence-corrected chi connectivity index (χ3v) is 4.44. The Balaban J connectivity index is 2.09. The minimum absolute atomic E-state index is 0.0885. The van der Waals surface area contributed by atoms with Gasteiger partial charge in [0.05, 0.1) is 0 Å². The van der Waals surface area contributed by atoms with Crippen LogP contribution in [0.4, 0.5) is 0 Å². The van der Waals surface area contributed by atoms with Crippen LogP contribution in [0, 0.1) is 16.2 Å². The lowest BCUT2D eigenvalue weighted by molar-refractivity contribution is -0.242. The molecular formula is C10H15ClO. The quantitative estimate of drug-likeness (QED) is 0.576. The van der Waals surface area contributed by atoms with Gasteiger partial charge in [-0.15, -0.1) is 0 Å². The third-order valence-electron chi connectivity index (χ3n) is 4.04. The fraction of sp³-hybridized carbons (Fsp3) is 0.900. The van der Waals surface area contributed by atoms with E-state index in [1.165, 1.54) is 0 Å². The molecule has 0 saturated heterocycles. The number of carbonyl (C=O) groups is 1. The van der Waals surface area contributed by atoms with Crippen LogP contribution in [0.25, 0.3) is 0 Å². The molecule has 3 aliphatic rings. The van der Waals surface area contributed by atoms with Gasteiger partial charge in [-0.25, -0.2) is 0 Å². The summed E-state index contributed by atoms with van der Waals surface area (Å²) in [4.78, 5) is 11.0. The van der Waals surface area contributed by atoms with Crippen LogP contribution in [-0.4, -0.2) is 5.24 Å². The largest absolute Gasteiger partial charge is 0.281 e. The fourth-order valence-electron chi connectivity index (χ4n) is 2.79. The van der Waals surface area contributed by atoms with E-state index in [1.54, 1.807) is 0 Å². The molecule has 0 spiro atoms. The van der Waals surface area contributed by atoms with Gasteiger partial charge in [0, 0.05) is 5.41 Å². The number of hydrogen-bond acceptors (Lipinski definition) is 1. The average Bonchev–Trinajstić information content (AvgIpc) is 1.46. The SMILES string of the molecule is CC(C)(C)C12CC(C(=O)Cl)(C1)C2. The Morgan fingerprint density at radius 3 is 1.92 bits per heavy atom. The summed E-state index contributed by atoms with van der Waals surface area (Å²) >= 11 is 5.53. The molecule has 0 unspecified atom stereocenters. The number of carbonyl (C=O) groups excluding carboxylic acids is 1. The highest BCUT2D eigenvalue weighted by Gasteiger charge is 2.74. The second-order valence-corrected chi connectivity index (χ2v) is 5.96. The van der Waals surface area contributed by atoms with Crippen molar-refractivity contribution in [3.05, 3.63) is 0 Å². The molecular weight excluding hydrogens is 172 g/mol. The van der Waals surface area contributed by atoms with Crippen LogP contribution in [0.5, 0.6) is 0 Å². The normalized spacial score (nSPS) is 44.7. The molecule has 3 fully saturated rings. The molecule has 0 atom stereocenters. The topological polar surface area (TPSA) is 17.1 Å². The summed E-state index contributed by atoms with van der Waals surface area (Å²) in [6.07, 6.45) is 3.10. The van der Waals surface area contributed by atoms with Gasteiger partial charge >= 0.3 is 0 Å². The zero-order valence-electron chi connectivity index (χ0n) is 7.91. The number of halogens is 1. The molecule has 2 bridgehead atoms. The van der Waals surface area contributed by atoms with E-state index < -0.39 is 0 Å². The molecule has 12 heavy (non-hydrogen) atoms. The van der Waals surface area contributed by atoms with Crippen molar-refractivity contribution >= 4 is 16.8 Å². The van der Waals surface area contributed by atoms with Crippen LogP contribution in [0.1, 0.15) is 40.0 Å². The highest BCUT2D eigenvalue weighted by molar-refractivity contribution is 6.65. The minimum Gasteiger partial charge on any atom is -0.281 e. The maximum atomic E-state index is 11.0. The van der Waals surface area contributed by atoms with Gasteiger partial charge in [-0.3, -0.25) is 4.79 Å². The molecule has 2 heteroatoms. The molecule has 1 nitrogen and oxygen atoms in total. The second-order valence-electron chi connectivity index (χ2n) is 5.61. The molecule has 0 aromatic rings. The molecule has 0 aromatic heterocycles. The molecule has 3 rings (SSSR count). The Hall–Kier alpha value is -0.0400. The molecule has 3 aliphatic carbocycles. The lowest BCUT2D eigenvalue weighted by Gasteiger charge is -2.74. The Kier molecular flexibility index (Phi) is 1.35. The molecule has 3 saturated carbocycles. The molecule has 0 aromatic carbocycles. The van der Waals surface area contributed by atoms with Crippen molar-refractivity contribution in [2.45, 2.75) is 40.0 Å². The highest BCUT2D eigenvalue weighted by atomic mass is 35.5. The number of hydrogen-bond donors (Lipinski definition) is 0. The first kappa shape index (κ1) is 8.55. The summed E-state index contributed by atoms with van der Waals surface area (Å²) < 4.78 is 0. The Morgan fingerprint density at radius 1 is 1.25 bits per heavy atom. The molecule has 0 amide bonds. The fourth-order valence-corrected chi connectivity index (χ4v) is 2.99. The first-order valence-corrected chi connectivity index (χ1v) is 4.89. The van der Waals surface area contributed by atoms with E-state index in [9.17, 15) is 4.79 Å². The van der Waals surface area contributed by atoms with Crippen molar-refractivity contribution in [2.24, 2.45) is 16.2 Å². The molecule has 0 radical (unpaired) electrons. The maximum absolute atomic E-state index is 11.0. The molecule has 0 N–H and O–H groups in total. The van der Waals surface area contributed by atoms with E-state index >= 15 is 0 Å². The van der Waals surface area contributed by atoms with Gasteiger partial charge in [0.15, 0.2) is 0 Å². The van der Waals surface area contributed by atoms with Gasteiger partial charge in [-0.1, -0.05) is 20.8 Å². The predicted octanol–water partition coefficient (Wildman–Crippen LogP) is 2.97. The van der Waals surface area contributed by atoms with Crippen molar-refractivity contribution in [3.8, 4) is 0 Å². The summed E-state index contributed by atoms with van der Waals surface area (Å²) in [5.74, 6) is 0. The van der Waals surface area contributed by atoms with Gasteiger partial charge in [-0.05, 0) is 41.7 Å². The lowest BCUT2D eigenvalue weighted by atomic mass is 9.30. The summed E-state index contributed by atoms with van der Waals surface area (Å²) in [6, 6.07) is 0. The lowest BCUT2D eigenvalue weighted by Crippen LogP contribution is -2.69. The Bertz CT molecular complexity index is 229. The third kappa shape index (κ3) is 0.736. The van der Waals surface area contributed by atoms with Gasteiger partial charge in [0.25, 0.3) is 0 Å². The summed E-state index contributed by atoms with van der Waals surface area (Å²) in [5, 5.41) is -0.103. The minimum atomic E-state index is -0.103. The Labute approximate surface area is 78.5 Å². The van der Waals surface area contributed by atoms with Gasteiger partial charge in [0.2, 0.25) is 5.24 Å². The van der Waals surface area contributed by atoms with E-state index in [4.69, 9.17) is 11.6 Å². The van der Waals surface area contributed by atoms with E-state index in [1.807, 2.05) is 0 Å². The average molecular weight is 187 g/mol. The second kappa shape index (κ2) is 1.89. The van der Waals surface area contributed by atoms with Crippen LogP contribution in [0.15, 0.2) is 0 Å². The Morgan fingerprint density at radius 2 is 1.67 bits per heavy atom. The predicted molar refractivity (Wildman–Crippen MR) is 49.0 cm³/mol. The van der Waals surface area contributed by atoms with Crippen molar-refractivity contribution in [3.63, 3.8) is 0 Å². The molecule has 0 heterocycles. The van der Waals surface area contributed by atoms with Gasteiger partial charge in [0.1, 0.15) is 0 Å².